The number of benzene rings is 1. The average molecular weight is 328 g/mol. The van der Waals surface area contributed by atoms with Crippen molar-refractivity contribution < 1.29 is 18.4 Å². The van der Waals surface area contributed by atoms with Gasteiger partial charge >= 0.3 is 0 Å². The van der Waals surface area contributed by atoms with E-state index in [4.69, 9.17) is 4.42 Å². The molecular weight excluding hydrogens is 315 g/mol. The molecule has 0 radical (unpaired) electrons. The summed E-state index contributed by atoms with van der Waals surface area (Å²) in [6.07, 6.45) is 2.72. The van der Waals surface area contributed by atoms with E-state index in [0.717, 1.165) is 0 Å². The van der Waals surface area contributed by atoms with Crippen LogP contribution in [0, 0.1) is 12.7 Å². The van der Waals surface area contributed by atoms with Gasteiger partial charge in [-0.2, -0.15) is 5.10 Å². The van der Waals surface area contributed by atoms with Crippen LogP contribution in [0.4, 0.5) is 15.8 Å². The van der Waals surface area contributed by atoms with Crippen molar-refractivity contribution in [2.75, 3.05) is 10.6 Å². The summed E-state index contributed by atoms with van der Waals surface area (Å²) < 4.78 is 18.0. The van der Waals surface area contributed by atoms with Gasteiger partial charge in [-0.3, -0.25) is 14.7 Å². The van der Waals surface area contributed by atoms with E-state index < -0.39 is 17.6 Å². The Bertz CT molecular complexity index is 883. The quantitative estimate of drug-likeness (QED) is 0.685. The highest BCUT2D eigenvalue weighted by Gasteiger charge is 2.19. The molecule has 2 heterocycles. The molecule has 0 saturated carbocycles. The van der Waals surface area contributed by atoms with E-state index in [0.29, 0.717) is 11.3 Å². The predicted octanol–water partition coefficient (Wildman–Crippen LogP) is 2.95. The minimum atomic E-state index is -0.523. The van der Waals surface area contributed by atoms with E-state index in [1.54, 1.807) is 13.0 Å². The molecule has 1 aromatic carbocycles. The Hall–Kier alpha value is -3.42. The van der Waals surface area contributed by atoms with Gasteiger partial charge in [0, 0.05) is 11.3 Å². The maximum atomic E-state index is 12.9. The standard InChI is InChI=1S/C16H13FN4O3/c1-9-6-7-24-14(9)16(23)20-12-8-18-21-13(12)15(22)19-11-4-2-10(17)3-5-11/h2-8H,1H3,(H,18,21)(H,19,22)(H,20,23). The van der Waals surface area contributed by atoms with Crippen LogP contribution in [0.1, 0.15) is 26.6 Å². The average Bonchev–Trinajstić information content (AvgIpc) is 3.18. The molecule has 0 saturated heterocycles. The van der Waals surface area contributed by atoms with Gasteiger partial charge in [0.25, 0.3) is 11.8 Å². The van der Waals surface area contributed by atoms with Crippen LogP contribution in [0.15, 0.2) is 47.2 Å². The maximum absolute atomic E-state index is 12.9. The van der Waals surface area contributed by atoms with Crippen molar-refractivity contribution in [2.45, 2.75) is 6.92 Å². The number of nitrogens with zero attached hydrogens (tertiary/aromatic N) is 1. The molecular formula is C16H13FN4O3. The fraction of sp³-hybridized carbons (Fsp3) is 0.0625. The Morgan fingerprint density at radius 3 is 2.54 bits per heavy atom. The smallest absolute Gasteiger partial charge is 0.291 e. The van der Waals surface area contributed by atoms with E-state index in [-0.39, 0.29) is 17.1 Å². The topological polar surface area (TPSA) is 100 Å². The fourth-order valence-corrected chi connectivity index (χ4v) is 2.07. The van der Waals surface area contributed by atoms with Gasteiger partial charge in [0.15, 0.2) is 5.76 Å². The highest BCUT2D eigenvalue weighted by Crippen LogP contribution is 2.17. The first-order valence-corrected chi connectivity index (χ1v) is 7.00. The van der Waals surface area contributed by atoms with E-state index in [2.05, 4.69) is 20.8 Å². The molecule has 8 heteroatoms. The lowest BCUT2D eigenvalue weighted by molar-refractivity contribution is 0.0996. The Labute approximate surface area is 135 Å². The van der Waals surface area contributed by atoms with E-state index >= 15 is 0 Å². The number of carbonyl (C=O) groups excluding carboxylic acids is 2. The number of anilines is 2. The molecule has 0 spiro atoms. The van der Waals surface area contributed by atoms with Crippen LogP contribution in [-0.2, 0) is 0 Å². The SMILES string of the molecule is Cc1ccoc1C(=O)Nc1cn[nH]c1C(=O)Nc1ccc(F)cc1. The summed E-state index contributed by atoms with van der Waals surface area (Å²) in [5.74, 6) is -1.27. The Kier molecular flexibility index (Phi) is 4.11. The number of aromatic amines is 1. The molecule has 24 heavy (non-hydrogen) atoms. The van der Waals surface area contributed by atoms with Crippen molar-refractivity contribution >= 4 is 23.2 Å². The van der Waals surface area contributed by atoms with Gasteiger partial charge in [-0.05, 0) is 37.3 Å². The highest BCUT2D eigenvalue weighted by molar-refractivity contribution is 6.11. The molecule has 0 unspecified atom stereocenters. The normalized spacial score (nSPS) is 10.4. The number of aryl methyl sites for hydroxylation is 1. The fourth-order valence-electron chi connectivity index (χ4n) is 2.07. The molecule has 7 nitrogen and oxygen atoms in total. The number of nitrogens with one attached hydrogen (secondary N) is 3. The second-order valence-corrected chi connectivity index (χ2v) is 5.01. The van der Waals surface area contributed by atoms with Crippen molar-refractivity contribution in [3.63, 3.8) is 0 Å². The molecule has 122 valence electrons. The number of halogens is 1. The van der Waals surface area contributed by atoms with Crippen LogP contribution >= 0.6 is 0 Å². The second kappa shape index (κ2) is 6.37. The van der Waals surface area contributed by atoms with E-state index in [9.17, 15) is 14.0 Å². The molecule has 3 aromatic rings. The van der Waals surface area contributed by atoms with Gasteiger partial charge in [0.05, 0.1) is 18.1 Å². The Balaban J connectivity index is 1.75. The number of amides is 2. The summed E-state index contributed by atoms with van der Waals surface area (Å²) in [5.41, 5.74) is 1.36. The minimum Gasteiger partial charge on any atom is -0.459 e. The molecule has 2 amide bonds. The van der Waals surface area contributed by atoms with Crippen molar-refractivity contribution in [3.8, 4) is 0 Å². The number of hydrogen-bond donors (Lipinski definition) is 3. The van der Waals surface area contributed by atoms with Crippen molar-refractivity contribution in [1.82, 2.24) is 10.2 Å². The molecule has 0 fully saturated rings. The first kappa shape index (κ1) is 15.5. The van der Waals surface area contributed by atoms with Crippen molar-refractivity contribution in [2.24, 2.45) is 0 Å². The van der Waals surface area contributed by atoms with E-state index in [1.807, 2.05) is 0 Å². The number of carbonyl (C=O) groups is 2. The molecule has 0 bridgehead atoms. The lowest BCUT2D eigenvalue weighted by Gasteiger charge is -2.06. The molecule has 0 atom stereocenters. The molecule has 3 rings (SSSR count). The van der Waals surface area contributed by atoms with Crippen LogP contribution in [-0.4, -0.2) is 22.0 Å². The summed E-state index contributed by atoms with van der Waals surface area (Å²) in [5, 5.41) is 11.4. The van der Waals surface area contributed by atoms with Crippen molar-refractivity contribution in [1.29, 1.82) is 0 Å². The minimum absolute atomic E-state index is 0.0666. The van der Waals surface area contributed by atoms with Crippen LogP contribution in [0.3, 0.4) is 0 Å². The zero-order valence-corrected chi connectivity index (χ0v) is 12.6. The number of hydrogen-bond acceptors (Lipinski definition) is 4. The molecule has 0 aliphatic rings. The maximum Gasteiger partial charge on any atom is 0.291 e. The summed E-state index contributed by atoms with van der Waals surface area (Å²) in [4.78, 5) is 24.4. The third kappa shape index (κ3) is 3.17. The molecule has 0 aliphatic carbocycles. The van der Waals surface area contributed by atoms with Crippen molar-refractivity contribution in [3.05, 3.63) is 65.6 Å². The van der Waals surface area contributed by atoms with Crippen LogP contribution in [0.5, 0.6) is 0 Å². The molecule has 2 aromatic heterocycles. The first-order chi connectivity index (χ1) is 11.5. The first-order valence-electron chi connectivity index (χ1n) is 7.00. The van der Waals surface area contributed by atoms with Gasteiger partial charge in [0.1, 0.15) is 11.5 Å². The number of rotatable bonds is 4. The van der Waals surface area contributed by atoms with Crippen LogP contribution in [0.25, 0.3) is 0 Å². The summed E-state index contributed by atoms with van der Waals surface area (Å²) in [7, 11) is 0. The summed E-state index contributed by atoms with van der Waals surface area (Å²) >= 11 is 0. The Morgan fingerprint density at radius 2 is 1.88 bits per heavy atom. The summed E-state index contributed by atoms with van der Waals surface area (Å²) in [6, 6.07) is 6.96. The number of aromatic nitrogens is 2. The third-order valence-electron chi connectivity index (χ3n) is 3.29. The molecule has 3 N–H and O–H groups in total. The van der Waals surface area contributed by atoms with Gasteiger partial charge in [-0.1, -0.05) is 0 Å². The predicted molar refractivity (Wildman–Crippen MR) is 84.3 cm³/mol. The van der Waals surface area contributed by atoms with Crippen LogP contribution in [0.2, 0.25) is 0 Å². The van der Waals surface area contributed by atoms with Gasteiger partial charge in [0.2, 0.25) is 0 Å². The zero-order valence-electron chi connectivity index (χ0n) is 12.6. The zero-order chi connectivity index (χ0) is 17.1. The summed E-state index contributed by atoms with van der Waals surface area (Å²) in [6.45, 7) is 1.73. The van der Waals surface area contributed by atoms with Gasteiger partial charge in [-0.25, -0.2) is 4.39 Å². The number of furan rings is 1. The largest absolute Gasteiger partial charge is 0.459 e. The second-order valence-electron chi connectivity index (χ2n) is 5.01. The lowest BCUT2D eigenvalue weighted by Crippen LogP contribution is -2.18. The Morgan fingerprint density at radius 1 is 1.12 bits per heavy atom. The van der Waals surface area contributed by atoms with Gasteiger partial charge in [-0.15, -0.1) is 0 Å². The van der Waals surface area contributed by atoms with E-state index in [1.165, 1.54) is 36.7 Å². The van der Waals surface area contributed by atoms with Gasteiger partial charge < -0.3 is 15.1 Å². The number of H-pyrrole nitrogens is 1. The molecule has 0 aliphatic heterocycles. The van der Waals surface area contributed by atoms with Crippen LogP contribution < -0.4 is 10.6 Å². The third-order valence-corrected chi connectivity index (χ3v) is 3.29. The lowest BCUT2D eigenvalue weighted by atomic mass is 10.2. The highest BCUT2D eigenvalue weighted by atomic mass is 19.1. The monoisotopic (exact) mass is 328 g/mol.